The Kier molecular flexibility index (Phi) is 5.81. The number of hydrogen-bond acceptors (Lipinski definition) is 4. The summed E-state index contributed by atoms with van der Waals surface area (Å²) in [6.07, 6.45) is 2.50. The van der Waals surface area contributed by atoms with Gasteiger partial charge in [-0.25, -0.2) is 8.78 Å². The van der Waals surface area contributed by atoms with Crippen molar-refractivity contribution in [2.75, 3.05) is 31.2 Å². The smallest absolute Gasteiger partial charge is 0.247 e. The van der Waals surface area contributed by atoms with E-state index in [1.54, 1.807) is 12.1 Å². The molecular weight excluding hydrogens is 388 g/mol. The molecule has 1 spiro atoms. The maximum Gasteiger partial charge on any atom is 0.247 e. The Morgan fingerprint density at radius 3 is 2.20 bits per heavy atom. The molecule has 4 rings (SSSR count). The molecule has 2 heterocycles. The average molecular weight is 413 g/mol. The lowest BCUT2D eigenvalue weighted by Gasteiger charge is -2.43. The van der Waals surface area contributed by atoms with Crippen LogP contribution in [0.25, 0.3) is 0 Å². The number of halogens is 2. The first-order chi connectivity index (χ1) is 14.5. The van der Waals surface area contributed by atoms with E-state index in [4.69, 9.17) is 0 Å². The van der Waals surface area contributed by atoms with Gasteiger partial charge < -0.3 is 15.1 Å². The molecule has 158 valence electrons. The number of benzene rings is 2. The van der Waals surface area contributed by atoms with E-state index in [-0.39, 0.29) is 23.3 Å². The molecule has 0 radical (unpaired) electrons. The fourth-order valence-corrected chi connectivity index (χ4v) is 4.44. The Labute approximate surface area is 174 Å². The molecule has 1 amide bonds. The molecule has 0 unspecified atom stereocenters. The second-order valence-electron chi connectivity index (χ2n) is 7.98. The van der Waals surface area contributed by atoms with Gasteiger partial charge in [0.1, 0.15) is 17.2 Å². The predicted molar refractivity (Wildman–Crippen MR) is 110 cm³/mol. The van der Waals surface area contributed by atoms with Crippen LogP contribution in [0.4, 0.5) is 14.5 Å². The fraction of sp³-hybridized carbons (Fsp3) is 0.391. The molecule has 1 N–H and O–H groups in total. The minimum absolute atomic E-state index is 0.0149. The van der Waals surface area contributed by atoms with Gasteiger partial charge in [-0.1, -0.05) is 0 Å². The number of carbonyl (C=O) groups is 2. The molecule has 5 nitrogen and oxygen atoms in total. The van der Waals surface area contributed by atoms with Crippen LogP contribution in [0.2, 0.25) is 0 Å². The van der Waals surface area contributed by atoms with Crippen molar-refractivity contribution in [3.05, 3.63) is 65.7 Å². The summed E-state index contributed by atoms with van der Waals surface area (Å²) >= 11 is 0. The highest BCUT2D eigenvalue weighted by molar-refractivity contribution is 5.96. The molecule has 2 aromatic carbocycles. The zero-order chi connectivity index (χ0) is 21.1. The number of anilines is 1. The molecule has 0 atom stereocenters. The number of nitrogens with one attached hydrogen (secondary N) is 1. The number of Topliss-reactive ketones (excluding diaryl/α,β-unsaturated/α-hetero) is 1. The third-order valence-electron chi connectivity index (χ3n) is 6.20. The summed E-state index contributed by atoms with van der Waals surface area (Å²) in [7, 11) is 0. The molecule has 2 fully saturated rings. The molecule has 0 aromatic heterocycles. The van der Waals surface area contributed by atoms with E-state index >= 15 is 0 Å². The van der Waals surface area contributed by atoms with E-state index in [0.29, 0.717) is 31.5 Å². The summed E-state index contributed by atoms with van der Waals surface area (Å²) in [5.41, 5.74) is 0.776. The Morgan fingerprint density at radius 2 is 1.57 bits per heavy atom. The molecule has 2 aromatic rings. The lowest BCUT2D eigenvalue weighted by atomic mass is 9.85. The lowest BCUT2D eigenvalue weighted by molar-refractivity contribution is -0.125. The van der Waals surface area contributed by atoms with Gasteiger partial charge in [-0.15, -0.1) is 0 Å². The first-order valence-electron chi connectivity index (χ1n) is 10.3. The number of amides is 1. The third kappa shape index (κ3) is 4.07. The number of carbonyl (C=O) groups excluding carboxylic acids is 2. The van der Waals surface area contributed by atoms with Crippen molar-refractivity contribution in [2.45, 2.75) is 31.2 Å². The maximum atomic E-state index is 13.3. The topological polar surface area (TPSA) is 52.7 Å². The van der Waals surface area contributed by atoms with Crippen molar-refractivity contribution < 1.29 is 18.4 Å². The molecule has 0 bridgehead atoms. The van der Waals surface area contributed by atoms with Gasteiger partial charge in [0, 0.05) is 30.8 Å². The maximum absolute atomic E-state index is 13.3. The SMILES string of the molecule is O=C(CCCN1CCC2(CC1)C(=O)NCN2c1ccc(F)cc1)c1ccc(F)cc1. The summed E-state index contributed by atoms with van der Waals surface area (Å²) in [4.78, 5) is 29.2. The van der Waals surface area contributed by atoms with Crippen LogP contribution < -0.4 is 10.2 Å². The Bertz CT molecular complexity index is 907. The highest BCUT2D eigenvalue weighted by Crippen LogP contribution is 2.36. The van der Waals surface area contributed by atoms with Crippen molar-refractivity contribution in [3.8, 4) is 0 Å². The molecule has 2 aliphatic rings. The van der Waals surface area contributed by atoms with Crippen molar-refractivity contribution in [1.29, 1.82) is 0 Å². The second kappa shape index (κ2) is 8.52. The van der Waals surface area contributed by atoms with E-state index in [1.165, 1.54) is 36.4 Å². The minimum Gasteiger partial charge on any atom is -0.339 e. The standard InChI is InChI=1S/C23H25F2N3O2/c24-18-5-3-17(4-6-18)21(29)2-1-13-27-14-11-23(12-15-27)22(30)26-16-28(23)20-9-7-19(25)8-10-20/h3-10H,1-2,11-16H2,(H,26,30). The molecule has 0 saturated carbocycles. The van der Waals surface area contributed by atoms with Crippen LogP contribution in [-0.2, 0) is 4.79 Å². The van der Waals surface area contributed by atoms with Crippen LogP contribution in [-0.4, -0.2) is 48.4 Å². The van der Waals surface area contributed by atoms with Gasteiger partial charge in [-0.2, -0.15) is 0 Å². The quantitative estimate of drug-likeness (QED) is 0.738. The summed E-state index contributed by atoms with van der Waals surface area (Å²) in [5, 5.41) is 2.94. The number of rotatable bonds is 6. The van der Waals surface area contributed by atoms with Crippen molar-refractivity contribution in [3.63, 3.8) is 0 Å². The fourth-order valence-electron chi connectivity index (χ4n) is 4.44. The van der Waals surface area contributed by atoms with Gasteiger partial charge in [-0.05, 0) is 74.3 Å². The number of hydrogen-bond donors (Lipinski definition) is 1. The molecule has 2 saturated heterocycles. The molecule has 2 aliphatic heterocycles. The van der Waals surface area contributed by atoms with Crippen molar-refractivity contribution >= 4 is 17.4 Å². The average Bonchev–Trinajstić information content (AvgIpc) is 3.06. The summed E-state index contributed by atoms with van der Waals surface area (Å²) in [6, 6.07) is 11.9. The summed E-state index contributed by atoms with van der Waals surface area (Å²) < 4.78 is 26.3. The second-order valence-corrected chi connectivity index (χ2v) is 7.98. The van der Waals surface area contributed by atoms with E-state index in [0.717, 1.165) is 31.7 Å². The van der Waals surface area contributed by atoms with Crippen molar-refractivity contribution in [1.82, 2.24) is 10.2 Å². The zero-order valence-corrected chi connectivity index (χ0v) is 16.7. The van der Waals surface area contributed by atoms with Gasteiger partial charge in [-0.3, -0.25) is 9.59 Å². The van der Waals surface area contributed by atoms with E-state index < -0.39 is 5.54 Å². The highest BCUT2D eigenvalue weighted by atomic mass is 19.1. The van der Waals surface area contributed by atoms with Gasteiger partial charge in [0.05, 0.1) is 6.67 Å². The summed E-state index contributed by atoms with van der Waals surface area (Å²) in [5.74, 6) is -0.602. The van der Waals surface area contributed by atoms with E-state index in [1.807, 2.05) is 4.90 Å². The highest BCUT2D eigenvalue weighted by Gasteiger charge is 2.50. The number of ketones is 1. The zero-order valence-electron chi connectivity index (χ0n) is 16.7. The van der Waals surface area contributed by atoms with E-state index in [9.17, 15) is 18.4 Å². The predicted octanol–water partition coefficient (Wildman–Crippen LogP) is 3.36. The monoisotopic (exact) mass is 413 g/mol. The first kappa shape index (κ1) is 20.5. The van der Waals surface area contributed by atoms with Crippen LogP contribution in [0, 0.1) is 11.6 Å². The Hall–Kier alpha value is -2.80. The van der Waals surface area contributed by atoms with E-state index in [2.05, 4.69) is 10.2 Å². The minimum atomic E-state index is -0.599. The first-order valence-corrected chi connectivity index (χ1v) is 10.3. The third-order valence-corrected chi connectivity index (χ3v) is 6.20. The van der Waals surface area contributed by atoms with Gasteiger partial charge >= 0.3 is 0 Å². The lowest BCUT2D eigenvalue weighted by Crippen LogP contribution is -2.56. The van der Waals surface area contributed by atoms with Gasteiger partial charge in [0.25, 0.3) is 0 Å². The van der Waals surface area contributed by atoms with Crippen LogP contribution in [0.3, 0.4) is 0 Å². The normalized spacial score (nSPS) is 18.6. The van der Waals surface area contributed by atoms with Crippen molar-refractivity contribution in [2.24, 2.45) is 0 Å². The number of nitrogens with zero attached hydrogens (tertiary/aromatic N) is 2. The van der Waals surface area contributed by atoms with Gasteiger partial charge in [0.2, 0.25) is 5.91 Å². The number of piperidine rings is 1. The molecule has 30 heavy (non-hydrogen) atoms. The van der Waals surface area contributed by atoms with Crippen LogP contribution in [0.5, 0.6) is 0 Å². The molecule has 7 heteroatoms. The Balaban J connectivity index is 1.31. The van der Waals surface area contributed by atoms with Crippen LogP contribution in [0.15, 0.2) is 48.5 Å². The van der Waals surface area contributed by atoms with Crippen LogP contribution >= 0.6 is 0 Å². The number of likely N-dealkylation sites (tertiary alicyclic amines) is 1. The molecule has 0 aliphatic carbocycles. The van der Waals surface area contributed by atoms with Crippen LogP contribution in [0.1, 0.15) is 36.0 Å². The largest absolute Gasteiger partial charge is 0.339 e. The summed E-state index contributed by atoms with van der Waals surface area (Å²) in [6.45, 7) is 2.73. The molecular formula is C23H25F2N3O2. The Morgan fingerprint density at radius 1 is 0.967 bits per heavy atom. The van der Waals surface area contributed by atoms with Gasteiger partial charge in [0.15, 0.2) is 5.78 Å².